The lowest BCUT2D eigenvalue weighted by Crippen LogP contribution is -2.09. The van der Waals surface area contributed by atoms with Gasteiger partial charge in [-0.15, -0.1) is 0 Å². The van der Waals surface area contributed by atoms with Gasteiger partial charge in [-0.05, 0) is 19.9 Å². The highest BCUT2D eigenvalue weighted by molar-refractivity contribution is 5.29. The zero-order valence-electron chi connectivity index (χ0n) is 10.0. The summed E-state index contributed by atoms with van der Waals surface area (Å²) < 4.78 is 0. The minimum atomic E-state index is 0.752. The Morgan fingerprint density at radius 3 is 2.53 bits per heavy atom. The van der Waals surface area contributed by atoms with Gasteiger partial charge in [0.25, 0.3) is 0 Å². The predicted molar refractivity (Wildman–Crippen MR) is 65.7 cm³/mol. The molecule has 2 rings (SSSR count). The summed E-state index contributed by atoms with van der Waals surface area (Å²) in [6, 6.07) is 1.97. The zero-order valence-corrected chi connectivity index (χ0v) is 10.0. The highest BCUT2D eigenvalue weighted by Gasteiger charge is 1.99. The van der Waals surface area contributed by atoms with Gasteiger partial charge in [-0.25, -0.2) is 15.0 Å². The van der Waals surface area contributed by atoms with Gasteiger partial charge in [0.2, 0.25) is 0 Å². The van der Waals surface area contributed by atoms with E-state index in [4.69, 9.17) is 0 Å². The summed E-state index contributed by atoms with van der Waals surface area (Å²) in [7, 11) is 0. The molecule has 0 aliphatic carbocycles. The van der Waals surface area contributed by atoms with E-state index in [1.54, 1.807) is 18.6 Å². The lowest BCUT2D eigenvalue weighted by molar-refractivity contribution is 0.860. The van der Waals surface area contributed by atoms with Crippen LogP contribution in [0.2, 0.25) is 0 Å². The molecule has 0 saturated carbocycles. The second-order valence-corrected chi connectivity index (χ2v) is 3.83. The van der Waals surface area contributed by atoms with Gasteiger partial charge in [-0.2, -0.15) is 0 Å². The Balaban J connectivity index is 1.90. The first-order valence-electron chi connectivity index (χ1n) is 5.55. The molecule has 0 unspecified atom stereocenters. The highest BCUT2D eigenvalue weighted by atomic mass is 15.0. The number of nitrogens with zero attached hydrogens (tertiary/aromatic N) is 4. The van der Waals surface area contributed by atoms with Crippen LogP contribution < -0.4 is 5.32 Å². The van der Waals surface area contributed by atoms with Crippen molar-refractivity contribution in [2.24, 2.45) is 0 Å². The molecule has 88 valence electrons. The van der Waals surface area contributed by atoms with Crippen LogP contribution in [0.1, 0.15) is 17.2 Å². The Bertz CT molecular complexity index is 463. The maximum Gasteiger partial charge on any atom is 0.144 e. The van der Waals surface area contributed by atoms with Gasteiger partial charge in [0.15, 0.2) is 0 Å². The predicted octanol–water partition coefficient (Wildman–Crippen LogP) is 1.54. The van der Waals surface area contributed by atoms with Crippen molar-refractivity contribution in [3.8, 4) is 0 Å². The van der Waals surface area contributed by atoms with Gasteiger partial charge in [-0.1, -0.05) is 0 Å². The van der Waals surface area contributed by atoms with Gasteiger partial charge in [0.1, 0.15) is 11.6 Å². The Kier molecular flexibility index (Phi) is 3.59. The zero-order chi connectivity index (χ0) is 12.1. The van der Waals surface area contributed by atoms with E-state index in [-0.39, 0.29) is 0 Å². The first kappa shape index (κ1) is 11.4. The Hall–Kier alpha value is -2.04. The van der Waals surface area contributed by atoms with Crippen molar-refractivity contribution >= 4 is 5.82 Å². The van der Waals surface area contributed by atoms with Gasteiger partial charge in [0, 0.05) is 36.7 Å². The second-order valence-electron chi connectivity index (χ2n) is 3.83. The quantitative estimate of drug-likeness (QED) is 0.861. The monoisotopic (exact) mass is 229 g/mol. The molecular weight excluding hydrogens is 214 g/mol. The number of anilines is 1. The Morgan fingerprint density at radius 1 is 1.12 bits per heavy atom. The van der Waals surface area contributed by atoms with E-state index >= 15 is 0 Å². The number of hydrogen-bond acceptors (Lipinski definition) is 5. The van der Waals surface area contributed by atoms with Crippen molar-refractivity contribution in [2.45, 2.75) is 20.3 Å². The Morgan fingerprint density at radius 2 is 1.88 bits per heavy atom. The van der Waals surface area contributed by atoms with Crippen molar-refractivity contribution < 1.29 is 0 Å². The van der Waals surface area contributed by atoms with Crippen molar-refractivity contribution in [1.29, 1.82) is 0 Å². The van der Waals surface area contributed by atoms with Crippen LogP contribution in [0.4, 0.5) is 5.82 Å². The summed E-state index contributed by atoms with van der Waals surface area (Å²) >= 11 is 0. The molecule has 0 aliphatic heterocycles. The molecule has 2 aromatic heterocycles. The van der Waals surface area contributed by atoms with E-state index in [9.17, 15) is 0 Å². The third-order valence-electron chi connectivity index (χ3n) is 2.25. The van der Waals surface area contributed by atoms with Crippen LogP contribution in [0, 0.1) is 13.8 Å². The number of nitrogens with one attached hydrogen (secondary N) is 1. The largest absolute Gasteiger partial charge is 0.368 e. The van der Waals surface area contributed by atoms with Gasteiger partial charge in [-0.3, -0.25) is 4.98 Å². The van der Waals surface area contributed by atoms with E-state index in [2.05, 4.69) is 25.3 Å². The molecule has 2 heterocycles. The average molecular weight is 229 g/mol. The molecule has 1 N–H and O–H groups in total. The Labute approximate surface area is 100 Å². The summed E-state index contributed by atoms with van der Waals surface area (Å²) in [4.78, 5) is 16.9. The highest BCUT2D eigenvalue weighted by Crippen LogP contribution is 2.01. The molecular formula is C12H15N5. The molecule has 0 aromatic carbocycles. The molecule has 17 heavy (non-hydrogen) atoms. The summed E-state index contributed by atoms with van der Waals surface area (Å²) in [5, 5.41) is 3.18. The summed E-state index contributed by atoms with van der Waals surface area (Å²) in [6.07, 6.45) is 5.79. The van der Waals surface area contributed by atoms with Crippen LogP contribution >= 0.6 is 0 Å². The molecule has 0 radical (unpaired) electrons. The van der Waals surface area contributed by atoms with Crippen molar-refractivity contribution in [2.75, 3.05) is 11.9 Å². The fourth-order valence-corrected chi connectivity index (χ4v) is 1.60. The maximum absolute atomic E-state index is 4.38. The molecule has 0 bridgehead atoms. The van der Waals surface area contributed by atoms with Gasteiger partial charge < -0.3 is 5.32 Å². The smallest absolute Gasteiger partial charge is 0.144 e. The van der Waals surface area contributed by atoms with Crippen LogP contribution in [0.5, 0.6) is 0 Å². The molecule has 0 fully saturated rings. The number of aryl methyl sites for hydroxylation is 2. The van der Waals surface area contributed by atoms with Crippen LogP contribution in [0.3, 0.4) is 0 Å². The summed E-state index contributed by atoms with van der Waals surface area (Å²) in [5.41, 5.74) is 2.01. The van der Waals surface area contributed by atoms with Crippen molar-refractivity contribution in [3.63, 3.8) is 0 Å². The van der Waals surface area contributed by atoms with Crippen molar-refractivity contribution in [3.05, 3.63) is 41.9 Å². The molecule has 0 saturated heterocycles. The van der Waals surface area contributed by atoms with Crippen LogP contribution in [0.15, 0.2) is 24.7 Å². The van der Waals surface area contributed by atoms with E-state index in [0.29, 0.717) is 0 Å². The topological polar surface area (TPSA) is 63.6 Å². The van der Waals surface area contributed by atoms with Crippen molar-refractivity contribution in [1.82, 2.24) is 19.9 Å². The fourth-order valence-electron chi connectivity index (χ4n) is 1.60. The molecule has 2 aromatic rings. The lowest BCUT2D eigenvalue weighted by atomic mass is 10.3. The summed E-state index contributed by atoms with van der Waals surface area (Å²) in [6.45, 7) is 4.71. The molecule has 0 amide bonds. The fraction of sp³-hybridized carbons (Fsp3) is 0.333. The minimum absolute atomic E-state index is 0.752. The van der Waals surface area contributed by atoms with E-state index in [1.807, 2.05) is 19.9 Å². The molecule has 5 heteroatoms. The molecule has 5 nitrogen and oxygen atoms in total. The number of aromatic nitrogens is 4. The maximum atomic E-state index is 4.38. The average Bonchev–Trinajstić information content (AvgIpc) is 2.29. The summed E-state index contributed by atoms with van der Waals surface area (Å²) in [5.74, 6) is 1.63. The standard InChI is InChI=1S/C12H15N5/c1-9-7-10(2)17-11(16-9)3-4-14-12-8-13-5-6-15-12/h5-8H,3-4H2,1-2H3,(H,14,15). The van der Waals surface area contributed by atoms with Crippen LogP contribution in [-0.4, -0.2) is 26.5 Å². The van der Waals surface area contributed by atoms with Gasteiger partial charge in [0.05, 0.1) is 6.20 Å². The van der Waals surface area contributed by atoms with E-state index < -0.39 is 0 Å². The molecule has 0 spiro atoms. The van der Waals surface area contributed by atoms with E-state index in [1.165, 1.54) is 0 Å². The molecule has 0 atom stereocenters. The second kappa shape index (κ2) is 5.34. The van der Waals surface area contributed by atoms with Crippen LogP contribution in [-0.2, 0) is 6.42 Å². The lowest BCUT2D eigenvalue weighted by Gasteiger charge is -2.05. The van der Waals surface area contributed by atoms with Crippen LogP contribution in [0.25, 0.3) is 0 Å². The number of rotatable bonds is 4. The SMILES string of the molecule is Cc1cc(C)nc(CCNc2cnccn2)n1. The normalized spacial score (nSPS) is 10.2. The molecule has 0 aliphatic rings. The number of hydrogen-bond donors (Lipinski definition) is 1. The first-order chi connectivity index (χ1) is 8.24. The van der Waals surface area contributed by atoms with Gasteiger partial charge >= 0.3 is 0 Å². The third-order valence-corrected chi connectivity index (χ3v) is 2.25. The van der Waals surface area contributed by atoms with E-state index in [0.717, 1.165) is 36.0 Å². The minimum Gasteiger partial charge on any atom is -0.368 e. The third kappa shape index (κ3) is 3.48. The first-order valence-corrected chi connectivity index (χ1v) is 5.55.